The second-order valence-electron chi connectivity index (χ2n) is 9.58. The summed E-state index contributed by atoms with van der Waals surface area (Å²) in [4.78, 5) is 41.2. The smallest absolute Gasteiger partial charge is 0.416 e. The molecule has 0 radical (unpaired) electrons. The van der Waals surface area contributed by atoms with Crippen molar-refractivity contribution >= 4 is 33.7 Å². The van der Waals surface area contributed by atoms with Crippen molar-refractivity contribution in [2.45, 2.75) is 43.6 Å². The third kappa shape index (κ3) is 7.20. The normalized spacial score (nSPS) is 23.9. The zero-order chi connectivity index (χ0) is 27.8. The second kappa shape index (κ2) is 13.5. The third-order valence-corrected chi connectivity index (χ3v) is 7.63. The maximum absolute atomic E-state index is 14.1. The topological polar surface area (TPSA) is 123 Å². The Balaban J connectivity index is 1.60. The van der Waals surface area contributed by atoms with Gasteiger partial charge in [0.2, 0.25) is 5.91 Å². The molecule has 10 heteroatoms. The van der Waals surface area contributed by atoms with Gasteiger partial charge in [-0.1, -0.05) is 60.7 Å². The van der Waals surface area contributed by atoms with Gasteiger partial charge in [-0.15, -0.1) is 0 Å². The standard InChI is InChI=1S/C29H32BrNO8/c30-25-18-24(33)26(39-29(25,36)12-7-14-37-15-13-32)23(17-21-10-5-2-6-11-21)27(34)31-22(19-38-28(31)35)16-20-8-3-1-4-9-20/h1-6,8-11,18,22-23,26,32,36H,7,12-17,19H2. The Morgan fingerprint density at radius 2 is 1.74 bits per heavy atom. The Morgan fingerprint density at radius 1 is 1.08 bits per heavy atom. The summed E-state index contributed by atoms with van der Waals surface area (Å²) >= 11 is 3.25. The van der Waals surface area contributed by atoms with E-state index < -0.39 is 41.6 Å². The summed E-state index contributed by atoms with van der Waals surface area (Å²) in [5.41, 5.74) is 1.71. The predicted molar refractivity (Wildman–Crippen MR) is 145 cm³/mol. The van der Waals surface area contributed by atoms with Gasteiger partial charge in [0.05, 0.1) is 29.7 Å². The highest BCUT2D eigenvalue weighted by Gasteiger charge is 2.49. The number of rotatable bonds is 12. The first-order chi connectivity index (χ1) is 18.8. The van der Waals surface area contributed by atoms with Gasteiger partial charge in [0.1, 0.15) is 12.7 Å². The molecule has 0 saturated carbocycles. The van der Waals surface area contributed by atoms with Crippen molar-refractivity contribution in [3.63, 3.8) is 0 Å². The van der Waals surface area contributed by atoms with Gasteiger partial charge in [-0.05, 0) is 52.4 Å². The number of hydrogen-bond acceptors (Lipinski definition) is 8. The highest BCUT2D eigenvalue weighted by Crippen LogP contribution is 2.37. The lowest BCUT2D eigenvalue weighted by Crippen LogP contribution is -2.53. The number of imide groups is 1. The summed E-state index contributed by atoms with van der Waals surface area (Å²) in [7, 11) is 0. The zero-order valence-electron chi connectivity index (χ0n) is 21.4. The first-order valence-corrected chi connectivity index (χ1v) is 13.7. The fourth-order valence-corrected chi connectivity index (χ4v) is 5.34. The van der Waals surface area contributed by atoms with Crippen LogP contribution in [0.15, 0.2) is 71.2 Å². The SMILES string of the molecule is O=C1C=C(Br)C(O)(CCCOCCO)OC1C(Cc1ccccc1)C(=O)N1C(=O)OCC1Cc1ccccc1. The summed E-state index contributed by atoms with van der Waals surface area (Å²) in [5, 5.41) is 20.2. The molecule has 1 saturated heterocycles. The highest BCUT2D eigenvalue weighted by atomic mass is 79.9. The van der Waals surface area contributed by atoms with Gasteiger partial charge < -0.3 is 24.4 Å². The molecule has 0 spiro atoms. The molecular formula is C29H32BrNO8. The lowest BCUT2D eigenvalue weighted by molar-refractivity contribution is -0.218. The monoisotopic (exact) mass is 601 g/mol. The fourth-order valence-electron chi connectivity index (χ4n) is 4.82. The van der Waals surface area contributed by atoms with Crippen molar-refractivity contribution in [2.24, 2.45) is 5.92 Å². The third-order valence-electron chi connectivity index (χ3n) is 6.78. The number of carbonyl (C=O) groups is 3. The van der Waals surface area contributed by atoms with Crippen molar-refractivity contribution in [2.75, 3.05) is 26.4 Å². The van der Waals surface area contributed by atoms with E-state index in [2.05, 4.69) is 15.9 Å². The number of aliphatic hydroxyl groups excluding tert-OH is 1. The molecule has 39 heavy (non-hydrogen) atoms. The number of halogens is 1. The number of ether oxygens (including phenoxy) is 3. The van der Waals surface area contributed by atoms with Crippen LogP contribution in [0.25, 0.3) is 0 Å². The molecule has 2 N–H and O–H groups in total. The molecule has 4 unspecified atom stereocenters. The van der Waals surface area contributed by atoms with Crippen LogP contribution in [0, 0.1) is 5.92 Å². The van der Waals surface area contributed by atoms with Crippen LogP contribution in [-0.4, -0.2) is 77.3 Å². The maximum atomic E-state index is 14.1. The van der Waals surface area contributed by atoms with Gasteiger partial charge in [-0.25, -0.2) is 9.69 Å². The first kappa shape index (κ1) is 29.1. The quantitative estimate of drug-likeness (QED) is 0.356. The van der Waals surface area contributed by atoms with Gasteiger partial charge in [-0.2, -0.15) is 0 Å². The number of nitrogens with zero attached hydrogens (tertiary/aromatic N) is 1. The molecule has 1 fully saturated rings. The van der Waals surface area contributed by atoms with Gasteiger partial charge in [0.25, 0.3) is 0 Å². The van der Waals surface area contributed by atoms with Crippen molar-refractivity contribution < 1.29 is 38.8 Å². The van der Waals surface area contributed by atoms with Gasteiger partial charge in [0, 0.05) is 13.0 Å². The number of hydrogen-bond donors (Lipinski definition) is 2. The molecule has 2 aliphatic heterocycles. The molecule has 4 rings (SSSR count). The molecule has 2 aromatic carbocycles. The van der Waals surface area contributed by atoms with E-state index in [1.54, 1.807) is 0 Å². The van der Waals surface area contributed by atoms with E-state index in [0.29, 0.717) is 12.8 Å². The minimum Gasteiger partial charge on any atom is -0.447 e. The van der Waals surface area contributed by atoms with Gasteiger partial charge >= 0.3 is 6.09 Å². The van der Waals surface area contributed by atoms with Crippen LogP contribution in [0.1, 0.15) is 24.0 Å². The molecule has 0 aliphatic carbocycles. The van der Waals surface area contributed by atoms with Crippen LogP contribution < -0.4 is 0 Å². The largest absolute Gasteiger partial charge is 0.447 e. The van der Waals surface area contributed by atoms with Crippen LogP contribution in [0.3, 0.4) is 0 Å². The first-order valence-electron chi connectivity index (χ1n) is 12.9. The van der Waals surface area contributed by atoms with E-state index in [0.717, 1.165) is 16.0 Å². The zero-order valence-corrected chi connectivity index (χ0v) is 23.0. The number of benzene rings is 2. The van der Waals surface area contributed by atoms with Gasteiger partial charge in [-0.3, -0.25) is 9.59 Å². The summed E-state index contributed by atoms with van der Waals surface area (Å²) in [6.45, 7) is 0.355. The number of ketones is 1. The average molecular weight is 602 g/mol. The minimum atomic E-state index is -1.87. The van der Waals surface area contributed by atoms with E-state index in [1.165, 1.54) is 6.08 Å². The molecule has 0 aromatic heterocycles. The fraction of sp³-hybridized carbons (Fsp3) is 0.414. The Hall–Kier alpha value is -2.89. The van der Waals surface area contributed by atoms with E-state index >= 15 is 0 Å². The molecule has 4 atom stereocenters. The van der Waals surface area contributed by atoms with Crippen LogP contribution in [0.2, 0.25) is 0 Å². The van der Waals surface area contributed by atoms with Crippen molar-refractivity contribution in [3.05, 3.63) is 82.3 Å². The molecule has 2 aromatic rings. The van der Waals surface area contributed by atoms with Crippen LogP contribution in [0.4, 0.5) is 4.79 Å². The van der Waals surface area contributed by atoms with E-state index in [9.17, 15) is 19.5 Å². The Kier molecular flexibility index (Phi) is 10.0. The lowest BCUT2D eigenvalue weighted by atomic mass is 9.87. The summed E-state index contributed by atoms with van der Waals surface area (Å²) in [6, 6.07) is 18.1. The average Bonchev–Trinajstić information content (AvgIpc) is 3.30. The Bertz CT molecular complexity index is 1170. The number of aliphatic hydroxyl groups is 2. The molecule has 2 amide bonds. The Morgan fingerprint density at radius 3 is 2.41 bits per heavy atom. The van der Waals surface area contributed by atoms with Crippen molar-refractivity contribution in [1.29, 1.82) is 0 Å². The summed E-state index contributed by atoms with van der Waals surface area (Å²) < 4.78 is 16.7. The second-order valence-corrected chi connectivity index (χ2v) is 10.4. The van der Waals surface area contributed by atoms with E-state index in [1.807, 2.05) is 60.7 Å². The van der Waals surface area contributed by atoms with Crippen LogP contribution in [0.5, 0.6) is 0 Å². The highest BCUT2D eigenvalue weighted by molar-refractivity contribution is 9.11. The molecular weight excluding hydrogens is 570 g/mol. The van der Waals surface area contributed by atoms with Crippen molar-refractivity contribution in [1.82, 2.24) is 4.90 Å². The lowest BCUT2D eigenvalue weighted by Gasteiger charge is -2.38. The summed E-state index contributed by atoms with van der Waals surface area (Å²) in [6.07, 6.45) is 0.0856. The van der Waals surface area contributed by atoms with Gasteiger partial charge in [0.15, 0.2) is 11.6 Å². The number of carbonyl (C=O) groups excluding carboxylic acids is 3. The van der Waals surface area contributed by atoms with Crippen LogP contribution in [-0.2, 0) is 36.6 Å². The Labute approximate surface area is 235 Å². The molecule has 208 valence electrons. The molecule has 2 heterocycles. The minimum absolute atomic E-state index is 0.0419. The predicted octanol–water partition coefficient (Wildman–Crippen LogP) is 3.16. The molecule has 0 bridgehead atoms. The summed E-state index contributed by atoms with van der Waals surface area (Å²) in [5.74, 6) is -4.06. The van der Waals surface area contributed by atoms with Crippen molar-refractivity contribution in [3.8, 4) is 0 Å². The molecule has 2 aliphatic rings. The number of amides is 2. The van der Waals surface area contributed by atoms with E-state index in [-0.39, 0.29) is 43.8 Å². The van der Waals surface area contributed by atoms with E-state index in [4.69, 9.17) is 19.3 Å². The number of cyclic esters (lactones) is 1. The molecule has 9 nitrogen and oxygen atoms in total. The van der Waals surface area contributed by atoms with Crippen LogP contribution >= 0.6 is 15.9 Å². The maximum Gasteiger partial charge on any atom is 0.416 e.